The van der Waals surface area contributed by atoms with Crippen LogP contribution in [0.4, 0.5) is 0 Å². The molecular formula is C14H28N2. The normalized spacial score (nSPS) is 42.2. The molecule has 0 spiro atoms. The van der Waals surface area contributed by atoms with Gasteiger partial charge in [0.2, 0.25) is 0 Å². The van der Waals surface area contributed by atoms with Gasteiger partial charge < -0.3 is 5.73 Å². The van der Waals surface area contributed by atoms with Gasteiger partial charge in [-0.1, -0.05) is 33.1 Å². The van der Waals surface area contributed by atoms with Gasteiger partial charge in [0.05, 0.1) is 0 Å². The first-order valence-corrected chi connectivity index (χ1v) is 7.18. The number of hydrogen-bond donors (Lipinski definition) is 1. The number of likely N-dealkylation sites (tertiary alicyclic amines) is 1. The smallest absolute Gasteiger partial charge is 0.0170 e. The van der Waals surface area contributed by atoms with Gasteiger partial charge in [0, 0.05) is 25.2 Å². The van der Waals surface area contributed by atoms with Crippen molar-refractivity contribution in [2.45, 2.75) is 64.5 Å². The van der Waals surface area contributed by atoms with Crippen molar-refractivity contribution in [1.29, 1.82) is 0 Å². The lowest BCUT2D eigenvalue weighted by Gasteiger charge is -2.43. The van der Waals surface area contributed by atoms with Crippen molar-refractivity contribution in [3.8, 4) is 0 Å². The molecule has 2 heteroatoms. The van der Waals surface area contributed by atoms with Crippen LogP contribution in [0.1, 0.15) is 52.4 Å². The Bertz CT molecular complexity index is 207. The van der Waals surface area contributed by atoms with Crippen LogP contribution >= 0.6 is 0 Å². The van der Waals surface area contributed by atoms with Crippen LogP contribution in [-0.4, -0.2) is 30.1 Å². The zero-order valence-electron chi connectivity index (χ0n) is 11.0. The zero-order valence-corrected chi connectivity index (χ0v) is 11.0. The van der Waals surface area contributed by atoms with Crippen LogP contribution in [0.2, 0.25) is 0 Å². The third-order valence-electron chi connectivity index (χ3n) is 4.57. The molecule has 0 aromatic rings. The van der Waals surface area contributed by atoms with Crippen molar-refractivity contribution in [1.82, 2.24) is 4.90 Å². The maximum Gasteiger partial charge on any atom is 0.0170 e. The molecule has 1 heterocycles. The number of hydrogen-bond acceptors (Lipinski definition) is 2. The highest BCUT2D eigenvalue weighted by Gasteiger charge is 2.30. The van der Waals surface area contributed by atoms with Gasteiger partial charge in [-0.05, 0) is 31.1 Å². The second kappa shape index (κ2) is 5.50. The maximum absolute atomic E-state index is 6.15. The Hall–Kier alpha value is -0.0800. The molecule has 2 rings (SSSR count). The standard InChI is InChI=1S/C14H28N2/c1-3-12-5-4-6-14(8-12)16-9-11(2)7-13(15)10-16/h11-14H,3-10,15H2,1-2H3. The molecule has 1 saturated carbocycles. The Morgan fingerprint density at radius 3 is 2.69 bits per heavy atom. The van der Waals surface area contributed by atoms with E-state index in [1.54, 1.807) is 0 Å². The Balaban J connectivity index is 1.90. The van der Waals surface area contributed by atoms with Crippen molar-refractivity contribution < 1.29 is 0 Å². The van der Waals surface area contributed by atoms with E-state index >= 15 is 0 Å². The summed E-state index contributed by atoms with van der Waals surface area (Å²) in [5.41, 5.74) is 6.15. The number of nitrogens with two attached hydrogens (primary N) is 1. The summed E-state index contributed by atoms with van der Waals surface area (Å²) in [6.07, 6.45) is 8.32. The average Bonchev–Trinajstić information content (AvgIpc) is 2.28. The molecule has 94 valence electrons. The predicted octanol–water partition coefficient (Wildman–Crippen LogP) is 2.62. The largest absolute Gasteiger partial charge is 0.327 e. The van der Waals surface area contributed by atoms with Crippen molar-refractivity contribution in [2.24, 2.45) is 17.6 Å². The number of rotatable bonds is 2. The molecule has 4 atom stereocenters. The van der Waals surface area contributed by atoms with Crippen LogP contribution in [0.5, 0.6) is 0 Å². The minimum absolute atomic E-state index is 0.422. The molecule has 2 aliphatic rings. The van der Waals surface area contributed by atoms with Gasteiger partial charge >= 0.3 is 0 Å². The Morgan fingerprint density at radius 1 is 1.19 bits per heavy atom. The first kappa shape index (κ1) is 12.4. The Labute approximate surface area is 101 Å². The monoisotopic (exact) mass is 224 g/mol. The quantitative estimate of drug-likeness (QED) is 0.781. The summed E-state index contributed by atoms with van der Waals surface area (Å²) in [5, 5.41) is 0. The second-order valence-electron chi connectivity index (χ2n) is 6.15. The number of nitrogens with zero attached hydrogens (tertiary/aromatic N) is 1. The van der Waals surface area contributed by atoms with Crippen LogP contribution < -0.4 is 5.73 Å². The van der Waals surface area contributed by atoms with E-state index in [0.29, 0.717) is 6.04 Å². The lowest BCUT2D eigenvalue weighted by Crippen LogP contribution is -2.51. The molecule has 4 unspecified atom stereocenters. The molecule has 0 aromatic carbocycles. The van der Waals surface area contributed by atoms with Crippen LogP contribution in [0.15, 0.2) is 0 Å². The van der Waals surface area contributed by atoms with Gasteiger partial charge in [0.1, 0.15) is 0 Å². The molecular weight excluding hydrogens is 196 g/mol. The summed E-state index contributed by atoms with van der Waals surface area (Å²) < 4.78 is 0. The van der Waals surface area contributed by atoms with Crippen LogP contribution in [0.25, 0.3) is 0 Å². The van der Waals surface area contributed by atoms with E-state index in [-0.39, 0.29) is 0 Å². The summed E-state index contributed by atoms with van der Waals surface area (Å²) >= 11 is 0. The minimum atomic E-state index is 0.422. The molecule has 1 saturated heterocycles. The molecule has 0 bridgehead atoms. The second-order valence-corrected chi connectivity index (χ2v) is 6.15. The van der Waals surface area contributed by atoms with Gasteiger partial charge in [-0.2, -0.15) is 0 Å². The van der Waals surface area contributed by atoms with E-state index in [2.05, 4.69) is 18.7 Å². The van der Waals surface area contributed by atoms with Crippen LogP contribution in [0, 0.1) is 11.8 Å². The highest BCUT2D eigenvalue weighted by molar-refractivity contribution is 4.86. The molecule has 1 aliphatic carbocycles. The first-order valence-electron chi connectivity index (χ1n) is 7.18. The highest BCUT2D eigenvalue weighted by atomic mass is 15.2. The average molecular weight is 224 g/mol. The fourth-order valence-corrected chi connectivity index (χ4v) is 3.71. The summed E-state index contributed by atoms with van der Waals surface area (Å²) in [4.78, 5) is 2.70. The van der Waals surface area contributed by atoms with E-state index in [4.69, 9.17) is 5.73 Å². The van der Waals surface area contributed by atoms with Crippen molar-refractivity contribution in [3.63, 3.8) is 0 Å². The van der Waals surface area contributed by atoms with Gasteiger partial charge in [-0.3, -0.25) is 4.90 Å². The van der Waals surface area contributed by atoms with E-state index in [1.807, 2.05) is 0 Å². The zero-order chi connectivity index (χ0) is 11.5. The molecule has 1 aliphatic heterocycles. The van der Waals surface area contributed by atoms with Crippen molar-refractivity contribution >= 4 is 0 Å². The third kappa shape index (κ3) is 2.98. The lowest BCUT2D eigenvalue weighted by atomic mass is 9.82. The Kier molecular flexibility index (Phi) is 4.26. The lowest BCUT2D eigenvalue weighted by molar-refractivity contribution is 0.0764. The van der Waals surface area contributed by atoms with Gasteiger partial charge in [0.25, 0.3) is 0 Å². The van der Waals surface area contributed by atoms with Gasteiger partial charge in [0.15, 0.2) is 0 Å². The SMILES string of the molecule is CCC1CCCC(N2CC(C)CC(N)C2)C1. The van der Waals surface area contributed by atoms with E-state index < -0.39 is 0 Å². The Morgan fingerprint density at radius 2 is 2.00 bits per heavy atom. The topological polar surface area (TPSA) is 29.3 Å². The fraction of sp³-hybridized carbons (Fsp3) is 1.00. The van der Waals surface area contributed by atoms with E-state index in [0.717, 1.165) is 24.4 Å². The summed E-state index contributed by atoms with van der Waals surface area (Å²) in [5.74, 6) is 1.78. The van der Waals surface area contributed by atoms with Gasteiger partial charge in [-0.25, -0.2) is 0 Å². The molecule has 16 heavy (non-hydrogen) atoms. The van der Waals surface area contributed by atoms with Crippen LogP contribution in [0.3, 0.4) is 0 Å². The molecule has 2 fully saturated rings. The molecule has 0 amide bonds. The summed E-state index contributed by atoms with van der Waals surface area (Å²) in [6.45, 7) is 7.13. The van der Waals surface area contributed by atoms with E-state index in [1.165, 1.54) is 45.1 Å². The first-order chi connectivity index (χ1) is 7.69. The maximum atomic E-state index is 6.15. The molecule has 0 radical (unpaired) electrons. The fourth-order valence-electron chi connectivity index (χ4n) is 3.71. The number of piperidine rings is 1. The minimum Gasteiger partial charge on any atom is -0.327 e. The molecule has 2 N–H and O–H groups in total. The molecule has 2 nitrogen and oxygen atoms in total. The summed E-state index contributed by atoms with van der Waals surface area (Å²) in [7, 11) is 0. The highest BCUT2D eigenvalue weighted by Crippen LogP contribution is 2.31. The predicted molar refractivity (Wildman–Crippen MR) is 69.4 cm³/mol. The molecule has 0 aromatic heterocycles. The van der Waals surface area contributed by atoms with Crippen LogP contribution in [-0.2, 0) is 0 Å². The van der Waals surface area contributed by atoms with E-state index in [9.17, 15) is 0 Å². The summed E-state index contributed by atoms with van der Waals surface area (Å²) in [6, 6.07) is 1.26. The van der Waals surface area contributed by atoms with Gasteiger partial charge in [-0.15, -0.1) is 0 Å². The van der Waals surface area contributed by atoms with Crippen molar-refractivity contribution in [2.75, 3.05) is 13.1 Å². The third-order valence-corrected chi connectivity index (χ3v) is 4.57. The van der Waals surface area contributed by atoms with Crippen molar-refractivity contribution in [3.05, 3.63) is 0 Å².